The lowest BCUT2D eigenvalue weighted by molar-refractivity contribution is 0.0171. The van der Waals surface area contributed by atoms with Crippen molar-refractivity contribution in [2.75, 3.05) is 19.7 Å². The molecule has 0 bridgehead atoms. The first-order valence-electron chi connectivity index (χ1n) is 13.6. The summed E-state index contributed by atoms with van der Waals surface area (Å²) in [6.07, 6.45) is 3.79. The van der Waals surface area contributed by atoms with Gasteiger partial charge in [0.2, 0.25) is 0 Å². The molecule has 2 aromatic carbocycles. The van der Waals surface area contributed by atoms with Crippen LogP contribution in [0.1, 0.15) is 69.6 Å². The molecule has 0 radical (unpaired) electrons. The van der Waals surface area contributed by atoms with Crippen LogP contribution in [0.25, 0.3) is 11.1 Å². The molecule has 2 heterocycles. The van der Waals surface area contributed by atoms with E-state index in [1.54, 1.807) is 36.1 Å². The smallest absolute Gasteiger partial charge is 0.410 e. The van der Waals surface area contributed by atoms with E-state index >= 15 is 0 Å². The monoisotopic (exact) mass is 554 g/mol. The highest BCUT2D eigenvalue weighted by Crippen LogP contribution is 2.36. The second-order valence-electron chi connectivity index (χ2n) is 10.7. The molecular weight excluding hydrogens is 518 g/mol. The number of hydrogen-bond acceptors (Lipinski definition) is 5. The first kappa shape index (κ1) is 29.1. The van der Waals surface area contributed by atoms with Gasteiger partial charge in [-0.25, -0.2) is 18.4 Å². The molecule has 0 N–H and O–H groups in total. The van der Waals surface area contributed by atoms with Crippen molar-refractivity contribution < 1.29 is 32.6 Å². The number of piperidine rings is 1. The highest BCUT2D eigenvalue weighted by Gasteiger charge is 2.32. The van der Waals surface area contributed by atoms with E-state index in [-0.39, 0.29) is 24.5 Å². The zero-order chi connectivity index (χ0) is 29.0. The van der Waals surface area contributed by atoms with Crippen LogP contribution in [0, 0.1) is 11.6 Å². The molecule has 9 heteroatoms. The summed E-state index contributed by atoms with van der Waals surface area (Å²) in [6.45, 7) is 10.6. The number of amides is 1. The Morgan fingerprint density at radius 2 is 1.70 bits per heavy atom. The van der Waals surface area contributed by atoms with Crippen LogP contribution in [0.5, 0.6) is 11.5 Å². The Morgan fingerprint density at radius 1 is 1.02 bits per heavy atom. The van der Waals surface area contributed by atoms with Crippen molar-refractivity contribution >= 4 is 12.1 Å². The van der Waals surface area contributed by atoms with Crippen molar-refractivity contribution in [1.29, 1.82) is 0 Å². The number of ether oxygens (including phenoxy) is 3. The predicted molar refractivity (Wildman–Crippen MR) is 148 cm³/mol. The van der Waals surface area contributed by atoms with E-state index in [9.17, 15) is 18.4 Å². The van der Waals surface area contributed by atoms with Crippen LogP contribution in [-0.4, -0.2) is 46.8 Å². The van der Waals surface area contributed by atoms with Gasteiger partial charge in [-0.05, 0) is 76.8 Å². The summed E-state index contributed by atoms with van der Waals surface area (Å²) >= 11 is 0. The molecule has 4 rings (SSSR count). The van der Waals surface area contributed by atoms with E-state index in [1.165, 1.54) is 6.07 Å². The van der Waals surface area contributed by atoms with Crippen LogP contribution in [-0.2, 0) is 15.9 Å². The molecule has 0 spiro atoms. The molecule has 3 aromatic rings. The Balaban J connectivity index is 1.68. The van der Waals surface area contributed by atoms with Gasteiger partial charge in [0.25, 0.3) is 0 Å². The lowest BCUT2D eigenvalue weighted by atomic mass is 10.0. The molecule has 1 aromatic heterocycles. The fraction of sp³-hybridized carbons (Fsp3) is 0.419. The van der Waals surface area contributed by atoms with Crippen molar-refractivity contribution in [2.45, 2.75) is 65.5 Å². The second kappa shape index (κ2) is 12.1. The number of aromatic nitrogens is 1. The molecule has 0 aliphatic carbocycles. The van der Waals surface area contributed by atoms with Crippen molar-refractivity contribution in [3.8, 4) is 22.6 Å². The normalized spacial score (nSPS) is 15.6. The number of benzene rings is 2. The van der Waals surface area contributed by atoms with E-state index in [1.807, 2.05) is 33.9 Å². The molecule has 1 amide bonds. The van der Waals surface area contributed by atoms with Gasteiger partial charge in [0.15, 0.2) is 17.4 Å². The third-order valence-corrected chi connectivity index (χ3v) is 6.70. The minimum absolute atomic E-state index is 0.0511. The van der Waals surface area contributed by atoms with Gasteiger partial charge >= 0.3 is 12.1 Å². The molecule has 0 unspecified atom stereocenters. The number of carbonyl (C=O) groups is 2. The minimum Gasteiger partial charge on any atom is -0.462 e. The zero-order valence-corrected chi connectivity index (χ0v) is 23.6. The van der Waals surface area contributed by atoms with Gasteiger partial charge in [0.05, 0.1) is 18.2 Å². The first-order chi connectivity index (χ1) is 19.0. The third kappa shape index (κ3) is 6.46. The average molecular weight is 555 g/mol. The average Bonchev–Trinajstić information content (AvgIpc) is 3.30. The lowest BCUT2D eigenvalue weighted by Crippen LogP contribution is -2.43. The maximum atomic E-state index is 14.1. The van der Waals surface area contributed by atoms with Crippen LogP contribution >= 0.6 is 0 Å². The quantitative estimate of drug-likeness (QED) is 0.282. The van der Waals surface area contributed by atoms with Crippen LogP contribution in [0.3, 0.4) is 0 Å². The Labute approximate surface area is 233 Å². The summed E-state index contributed by atoms with van der Waals surface area (Å²) in [6, 6.07) is 10.2. The summed E-state index contributed by atoms with van der Waals surface area (Å²) in [5, 5.41) is 0. The molecule has 1 saturated heterocycles. The Bertz CT molecular complexity index is 1340. The van der Waals surface area contributed by atoms with E-state index in [0.717, 1.165) is 36.2 Å². The highest BCUT2D eigenvalue weighted by atomic mass is 19.1. The molecule has 214 valence electrons. The Hall–Kier alpha value is -3.88. The number of esters is 1. The number of carbonyl (C=O) groups excluding carboxylic acids is 2. The molecule has 1 aliphatic heterocycles. The second-order valence-corrected chi connectivity index (χ2v) is 10.7. The van der Waals surface area contributed by atoms with Crippen LogP contribution in [0.15, 0.2) is 48.7 Å². The molecule has 1 atom stereocenters. The SMILES string of the molecule is CCOC(=O)c1c(-c2ccc(Oc3c(F)cccc3F)cc2)cn([C@@H]2CCCN(C(=O)OC(C)(C)C)C2)c1CC. The molecule has 1 fully saturated rings. The van der Waals surface area contributed by atoms with Crippen LogP contribution in [0.2, 0.25) is 0 Å². The van der Waals surface area contributed by atoms with Gasteiger partial charge in [-0.15, -0.1) is 0 Å². The maximum Gasteiger partial charge on any atom is 0.410 e. The van der Waals surface area contributed by atoms with Gasteiger partial charge in [0.1, 0.15) is 11.4 Å². The summed E-state index contributed by atoms with van der Waals surface area (Å²) in [5.74, 6) is -2.26. The molecule has 1 aliphatic rings. The largest absolute Gasteiger partial charge is 0.462 e. The van der Waals surface area contributed by atoms with Gasteiger partial charge in [-0.1, -0.05) is 25.1 Å². The van der Waals surface area contributed by atoms with E-state index in [4.69, 9.17) is 14.2 Å². The van der Waals surface area contributed by atoms with E-state index < -0.39 is 29.0 Å². The number of para-hydroxylation sites is 1. The summed E-state index contributed by atoms with van der Waals surface area (Å²) in [4.78, 5) is 27.7. The van der Waals surface area contributed by atoms with Crippen molar-refractivity contribution in [2.24, 2.45) is 0 Å². The standard InChI is InChI=1S/C31H36F2N2O5/c1-6-26-27(29(36)38-7-2)23(19-35(26)21-10-9-17-34(18-21)30(37)40-31(3,4)5)20-13-15-22(16-14-20)39-28-24(32)11-8-12-25(28)33/h8,11-16,19,21H,6-7,9-10,17-18H2,1-5H3/t21-/m1/s1. The first-order valence-corrected chi connectivity index (χ1v) is 13.6. The van der Waals surface area contributed by atoms with E-state index in [0.29, 0.717) is 30.6 Å². The summed E-state index contributed by atoms with van der Waals surface area (Å²) in [5.41, 5.74) is 2.08. The Kier molecular flexibility index (Phi) is 8.81. The Morgan fingerprint density at radius 3 is 2.30 bits per heavy atom. The number of rotatable bonds is 7. The summed E-state index contributed by atoms with van der Waals surface area (Å²) < 4.78 is 46.7. The lowest BCUT2D eigenvalue weighted by Gasteiger charge is -2.35. The van der Waals surface area contributed by atoms with Gasteiger partial charge in [-0.2, -0.15) is 0 Å². The molecular formula is C31H36F2N2O5. The molecule has 40 heavy (non-hydrogen) atoms. The highest BCUT2D eigenvalue weighted by molar-refractivity contribution is 5.99. The number of likely N-dealkylation sites (tertiary alicyclic amines) is 1. The van der Waals surface area contributed by atoms with Crippen LogP contribution in [0.4, 0.5) is 13.6 Å². The van der Waals surface area contributed by atoms with Gasteiger partial charge in [-0.3, -0.25) is 0 Å². The van der Waals surface area contributed by atoms with Gasteiger partial charge in [0, 0.05) is 30.5 Å². The van der Waals surface area contributed by atoms with Crippen molar-refractivity contribution in [1.82, 2.24) is 9.47 Å². The summed E-state index contributed by atoms with van der Waals surface area (Å²) in [7, 11) is 0. The number of nitrogens with zero attached hydrogens (tertiary/aromatic N) is 2. The maximum absolute atomic E-state index is 14.1. The number of halogens is 2. The fourth-order valence-corrected chi connectivity index (χ4v) is 4.98. The molecule has 0 saturated carbocycles. The number of hydrogen-bond donors (Lipinski definition) is 0. The topological polar surface area (TPSA) is 70.0 Å². The van der Waals surface area contributed by atoms with Crippen LogP contribution < -0.4 is 4.74 Å². The third-order valence-electron chi connectivity index (χ3n) is 6.70. The minimum atomic E-state index is -0.800. The zero-order valence-electron chi connectivity index (χ0n) is 23.6. The predicted octanol–water partition coefficient (Wildman–Crippen LogP) is 7.54. The fourth-order valence-electron chi connectivity index (χ4n) is 4.98. The molecule has 7 nitrogen and oxygen atoms in total. The van der Waals surface area contributed by atoms with Gasteiger partial charge < -0.3 is 23.7 Å². The van der Waals surface area contributed by atoms with Crippen molar-refractivity contribution in [3.05, 3.63) is 71.6 Å². The van der Waals surface area contributed by atoms with Crippen molar-refractivity contribution in [3.63, 3.8) is 0 Å². The van der Waals surface area contributed by atoms with E-state index in [2.05, 4.69) is 4.57 Å².